The van der Waals surface area contributed by atoms with Crippen LogP contribution in [0, 0.1) is 11.8 Å². The number of aliphatic hydroxyl groups is 1. The summed E-state index contributed by atoms with van der Waals surface area (Å²) in [6, 6.07) is 0.243. The van der Waals surface area contributed by atoms with Crippen molar-refractivity contribution in [2.24, 2.45) is 11.8 Å². The Morgan fingerprint density at radius 3 is 2.61 bits per heavy atom. The highest BCUT2D eigenvalue weighted by Gasteiger charge is 2.44. The minimum Gasteiger partial charge on any atom is -0.392 e. The minimum absolute atomic E-state index is 0.0925. The molecule has 0 spiro atoms. The second-order valence-electron chi connectivity index (χ2n) is 6.26. The molecule has 3 fully saturated rings. The lowest BCUT2D eigenvalue weighted by Crippen LogP contribution is -2.42. The zero-order valence-corrected chi connectivity index (χ0v) is 10.9. The van der Waals surface area contributed by atoms with Crippen LogP contribution in [0.1, 0.15) is 44.9 Å². The predicted octanol–water partition coefficient (Wildman–Crippen LogP) is 0.794. The quantitative estimate of drug-likeness (QED) is 0.696. The first-order valence-corrected chi connectivity index (χ1v) is 7.46. The Kier molecular flexibility index (Phi) is 3.57. The molecular weight excluding hydrogens is 228 g/mol. The van der Waals surface area contributed by atoms with Crippen LogP contribution >= 0.6 is 0 Å². The summed E-state index contributed by atoms with van der Waals surface area (Å²) in [5.41, 5.74) is 0. The van der Waals surface area contributed by atoms with E-state index in [4.69, 9.17) is 0 Å². The number of carbonyl (C=O) groups is 1. The van der Waals surface area contributed by atoms with Crippen LogP contribution in [0.25, 0.3) is 0 Å². The summed E-state index contributed by atoms with van der Waals surface area (Å²) in [5, 5.41) is 15.6. The van der Waals surface area contributed by atoms with Gasteiger partial charge in [-0.15, -0.1) is 0 Å². The third-order valence-corrected chi connectivity index (χ3v) is 4.85. The molecule has 1 aliphatic heterocycles. The summed E-state index contributed by atoms with van der Waals surface area (Å²) in [6.45, 7) is 0.550. The van der Waals surface area contributed by atoms with Crippen molar-refractivity contribution in [2.45, 2.75) is 63.1 Å². The zero-order chi connectivity index (χ0) is 12.5. The Bertz CT molecular complexity index is 315. The molecule has 1 saturated heterocycles. The molecule has 0 bridgehead atoms. The standard InChI is InChI=1S/C14H24N2O2/c17-10-6-13(15-8-10)14(18)16-12-7-11(12)9-4-2-1-3-5-9/h9-13,15,17H,1-8H2,(H,16,18). The highest BCUT2D eigenvalue weighted by atomic mass is 16.3. The highest BCUT2D eigenvalue weighted by Crippen LogP contribution is 2.44. The maximum absolute atomic E-state index is 12.0. The summed E-state index contributed by atoms with van der Waals surface area (Å²) in [4.78, 5) is 12.0. The normalized spacial score (nSPS) is 40.7. The van der Waals surface area contributed by atoms with E-state index in [-0.39, 0.29) is 18.1 Å². The van der Waals surface area contributed by atoms with Gasteiger partial charge in [0.25, 0.3) is 0 Å². The Balaban J connectivity index is 1.43. The smallest absolute Gasteiger partial charge is 0.237 e. The van der Waals surface area contributed by atoms with Crippen LogP contribution in [-0.4, -0.2) is 35.7 Å². The van der Waals surface area contributed by atoms with Crippen LogP contribution in [0.5, 0.6) is 0 Å². The summed E-state index contributed by atoms with van der Waals surface area (Å²) >= 11 is 0. The predicted molar refractivity (Wildman–Crippen MR) is 69.0 cm³/mol. The van der Waals surface area contributed by atoms with E-state index < -0.39 is 0 Å². The number of hydrogen-bond donors (Lipinski definition) is 3. The van der Waals surface area contributed by atoms with Gasteiger partial charge in [-0.2, -0.15) is 0 Å². The van der Waals surface area contributed by atoms with Gasteiger partial charge in [0.05, 0.1) is 12.1 Å². The molecule has 3 rings (SSSR count). The van der Waals surface area contributed by atoms with Gasteiger partial charge in [0, 0.05) is 12.6 Å². The molecular formula is C14H24N2O2. The van der Waals surface area contributed by atoms with E-state index >= 15 is 0 Å². The Labute approximate surface area is 109 Å². The van der Waals surface area contributed by atoms with Crippen molar-refractivity contribution in [3.05, 3.63) is 0 Å². The van der Waals surface area contributed by atoms with Crippen LogP contribution in [0.2, 0.25) is 0 Å². The minimum atomic E-state index is -0.353. The monoisotopic (exact) mass is 252 g/mol. The third kappa shape index (κ3) is 2.69. The maximum atomic E-state index is 12.0. The van der Waals surface area contributed by atoms with E-state index in [0.29, 0.717) is 19.0 Å². The van der Waals surface area contributed by atoms with Crippen molar-refractivity contribution >= 4 is 5.91 Å². The Hall–Kier alpha value is -0.610. The van der Waals surface area contributed by atoms with Crippen LogP contribution in [-0.2, 0) is 4.79 Å². The fourth-order valence-corrected chi connectivity index (χ4v) is 3.66. The van der Waals surface area contributed by atoms with Gasteiger partial charge in [0.15, 0.2) is 0 Å². The third-order valence-electron chi connectivity index (χ3n) is 4.85. The molecule has 0 aromatic rings. The molecule has 3 aliphatic rings. The molecule has 2 saturated carbocycles. The summed E-state index contributed by atoms with van der Waals surface area (Å²) in [6.07, 6.45) is 8.24. The molecule has 1 amide bonds. The van der Waals surface area contributed by atoms with Crippen molar-refractivity contribution in [3.63, 3.8) is 0 Å². The van der Waals surface area contributed by atoms with E-state index in [1.54, 1.807) is 0 Å². The lowest BCUT2D eigenvalue weighted by molar-refractivity contribution is -0.123. The molecule has 0 radical (unpaired) electrons. The number of hydrogen-bond acceptors (Lipinski definition) is 3. The van der Waals surface area contributed by atoms with Crippen LogP contribution < -0.4 is 10.6 Å². The van der Waals surface area contributed by atoms with Crippen molar-refractivity contribution in [1.82, 2.24) is 10.6 Å². The average Bonchev–Trinajstić information content (AvgIpc) is 3.01. The van der Waals surface area contributed by atoms with Crippen LogP contribution in [0.4, 0.5) is 0 Å². The number of β-amino-alcohol motifs (C(OH)–C–C–N with tert-alkyl or cyclic N) is 1. The first-order valence-electron chi connectivity index (χ1n) is 7.46. The van der Waals surface area contributed by atoms with E-state index in [1.807, 2.05) is 0 Å². The van der Waals surface area contributed by atoms with Crippen molar-refractivity contribution < 1.29 is 9.90 Å². The molecule has 4 nitrogen and oxygen atoms in total. The molecule has 2 aliphatic carbocycles. The zero-order valence-electron chi connectivity index (χ0n) is 10.9. The number of nitrogens with one attached hydrogen (secondary N) is 2. The second kappa shape index (κ2) is 5.17. The van der Waals surface area contributed by atoms with Crippen molar-refractivity contribution in [3.8, 4) is 0 Å². The van der Waals surface area contributed by atoms with E-state index in [1.165, 1.54) is 38.5 Å². The van der Waals surface area contributed by atoms with Crippen molar-refractivity contribution in [2.75, 3.05) is 6.54 Å². The molecule has 102 valence electrons. The van der Waals surface area contributed by atoms with Crippen molar-refractivity contribution in [1.29, 1.82) is 0 Å². The van der Waals surface area contributed by atoms with Gasteiger partial charge in [-0.3, -0.25) is 4.79 Å². The lowest BCUT2D eigenvalue weighted by Gasteiger charge is -2.22. The van der Waals surface area contributed by atoms with Gasteiger partial charge in [-0.05, 0) is 24.7 Å². The number of rotatable bonds is 3. The van der Waals surface area contributed by atoms with E-state index in [2.05, 4.69) is 10.6 Å². The number of amides is 1. The van der Waals surface area contributed by atoms with E-state index in [9.17, 15) is 9.90 Å². The van der Waals surface area contributed by atoms with Gasteiger partial charge in [0.2, 0.25) is 5.91 Å². The van der Waals surface area contributed by atoms with Gasteiger partial charge in [-0.1, -0.05) is 32.1 Å². The molecule has 4 heteroatoms. The van der Waals surface area contributed by atoms with Crippen LogP contribution in [0.15, 0.2) is 0 Å². The highest BCUT2D eigenvalue weighted by molar-refractivity contribution is 5.82. The Morgan fingerprint density at radius 2 is 1.94 bits per heavy atom. The van der Waals surface area contributed by atoms with Gasteiger partial charge in [-0.25, -0.2) is 0 Å². The first-order chi connectivity index (χ1) is 8.74. The summed E-state index contributed by atoms with van der Waals surface area (Å²) < 4.78 is 0. The number of carbonyl (C=O) groups excluding carboxylic acids is 1. The maximum Gasteiger partial charge on any atom is 0.237 e. The van der Waals surface area contributed by atoms with Gasteiger partial charge >= 0.3 is 0 Å². The number of aliphatic hydroxyl groups excluding tert-OH is 1. The molecule has 4 atom stereocenters. The largest absolute Gasteiger partial charge is 0.392 e. The molecule has 0 aromatic heterocycles. The molecule has 1 heterocycles. The molecule has 0 aromatic carbocycles. The van der Waals surface area contributed by atoms with Crippen LogP contribution in [0.3, 0.4) is 0 Å². The summed E-state index contributed by atoms with van der Waals surface area (Å²) in [7, 11) is 0. The second-order valence-corrected chi connectivity index (χ2v) is 6.26. The lowest BCUT2D eigenvalue weighted by atomic mass is 9.85. The topological polar surface area (TPSA) is 61.4 Å². The fraction of sp³-hybridized carbons (Fsp3) is 0.929. The SMILES string of the molecule is O=C(NC1CC1C1CCCCC1)C1CC(O)CN1. The molecule has 3 N–H and O–H groups in total. The molecule has 18 heavy (non-hydrogen) atoms. The first kappa shape index (κ1) is 12.4. The molecule has 4 unspecified atom stereocenters. The van der Waals surface area contributed by atoms with Gasteiger partial charge in [0.1, 0.15) is 0 Å². The fourth-order valence-electron chi connectivity index (χ4n) is 3.66. The van der Waals surface area contributed by atoms with E-state index in [0.717, 1.165) is 11.8 Å². The Morgan fingerprint density at radius 1 is 1.17 bits per heavy atom. The average molecular weight is 252 g/mol. The van der Waals surface area contributed by atoms with Gasteiger partial charge < -0.3 is 15.7 Å². The summed E-state index contributed by atoms with van der Waals surface area (Å²) in [5.74, 6) is 1.68.